The van der Waals surface area contributed by atoms with Gasteiger partial charge in [-0.05, 0) is 46.8 Å². The summed E-state index contributed by atoms with van der Waals surface area (Å²) >= 11 is 0. The zero-order valence-electron chi connectivity index (χ0n) is 14.8. The van der Waals surface area contributed by atoms with Crippen molar-refractivity contribution >= 4 is 22.9 Å². The lowest BCUT2D eigenvalue weighted by Gasteiger charge is -2.18. The number of benzene rings is 1. The van der Waals surface area contributed by atoms with Crippen molar-refractivity contribution in [3.63, 3.8) is 0 Å². The van der Waals surface area contributed by atoms with Crippen LogP contribution in [0.5, 0.6) is 5.75 Å². The van der Waals surface area contributed by atoms with Crippen LogP contribution in [0.25, 0.3) is 11.0 Å². The van der Waals surface area contributed by atoms with Crippen molar-refractivity contribution < 1.29 is 28.2 Å². The van der Waals surface area contributed by atoms with Gasteiger partial charge in [0.2, 0.25) is 5.76 Å². The number of aryl methyl sites for hydroxylation is 1. The van der Waals surface area contributed by atoms with Crippen LogP contribution in [0, 0.1) is 6.92 Å². The Kier molecular flexibility index (Phi) is 4.87. The standard InChI is InChI=1S/C18H22O6/c1-7-22-16(19)14-11(21-6)8-9-12-13(14)10(2)15(23-12)17(20)24-18(3,4)5/h8-9H,7H2,1-6H3. The number of hydrogen-bond donors (Lipinski definition) is 0. The van der Waals surface area contributed by atoms with Gasteiger partial charge in [-0.25, -0.2) is 9.59 Å². The quantitative estimate of drug-likeness (QED) is 0.790. The van der Waals surface area contributed by atoms with E-state index in [2.05, 4.69) is 0 Å². The maximum Gasteiger partial charge on any atom is 0.375 e. The zero-order valence-corrected chi connectivity index (χ0v) is 14.8. The van der Waals surface area contributed by atoms with Crippen molar-refractivity contribution in [2.75, 3.05) is 13.7 Å². The summed E-state index contributed by atoms with van der Waals surface area (Å²) in [4.78, 5) is 24.7. The van der Waals surface area contributed by atoms with Gasteiger partial charge in [-0.1, -0.05) is 0 Å². The predicted molar refractivity (Wildman–Crippen MR) is 88.6 cm³/mol. The van der Waals surface area contributed by atoms with E-state index in [1.54, 1.807) is 46.8 Å². The van der Waals surface area contributed by atoms with Crippen LogP contribution in [0.15, 0.2) is 16.5 Å². The Morgan fingerprint density at radius 3 is 2.38 bits per heavy atom. The lowest BCUT2D eigenvalue weighted by atomic mass is 10.0. The molecule has 0 aliphatic rings. The van der Waals surface area contributed by atoms with Gasteiger partial charge in [0.05, 0.1) is 13.7 Å². The number of carbonyl (C=O) groups is 2. The Hall–Kier alpha value is -2.50. The summed E-state index contributed by atoms with van der Waals surface area (Å²) in [6.07, 6.45) is 0. The molecule has 0 amide bonds. The van der Waals surface area contributed by atoms with E-state index in [0.29, 0.717) is 22.3 Å². The highest BCUT2D eigenvalue weighted by molar-refractivity contribution is 6.09. The van der Waals surface area contributed by atoms with Crippen molar-refractivity contribution in [1.29, 1.82) is 0 Å². The van der Waals surface area contributed by atoms with Crippen molar-refractivity contribution in [2.45, 2.75) is 40.2 Å². The average Bonchev–Trinajstić information content (AvgIpc) is 2.82. The van der Waals surface area contributed by atoms with E-state index in [0.717, 1.165) is 0 Å². The van der Waals surface area contributed by atoms with Crippen molar-refractivity contribution in [3.8, 4) is 5.75 Å². The van der Waals surface area contributed by atoms with Gasteiger partial charge in [0.15, 0.2) is 0 Å². The van der Waals surface area contributed by atoms with Gasteiger partial charge in [0.25, 0.3) is 0 Å². The van der Waals surface area contributed by atoms with Crippen LogP contribution in [-0.2, 0) is 9.47 Å². The van der Waals surface area contributed by atoms with Gasteiger partial charge in [-0.15, -0.1) is 0 Å². The van der Waals surface area contributed by atoms with E-state index >= 15 is 0 Å². The lowest BCUT2D eigenvalue weighted by molar-refractivity contribution is 0.00369. The molecule has 6 heteroatoms. The normalized spacial score (nSPS) is 11.4. The minimum absolute atomic E-state index is 0.0683. The average molecular weight is 334 g/mol. The number of methoxy groups -OCH3 is 1. The fourth-order valence-corrected chi connectivity index (χ4v) is 2.42. The largest absolute Gasteiger partial charge is 0.496 e. The van der Waals surface area contributed by atoms with E-state index in [4.69, 9.17) is 18.6 Å². The molecule has 0 unspecified atom stereocenters. The number of hydrogen-bond acceptors (Lipinski definition) is 6. The minimum Gasteiger partial charge on any atom is -0.496 e. The summed E-state index contributed by atoms with van der Waals surface area (Å²) < 4.78 is 21.4. The van der Waals surface area contributed by atoms with Crippen molar-refractivity contribution in [3.05, 3.63) is 29.0 Å². The van der Waals surface area contributed by atoms with Gasteiger partial charge in [0.1, 0.15) is 22.5 Å². The van der Waals surface area contributed by atoms with E-state index in [9.17, 15) is 9.59 Å². The zero-order chi connectivity index (χ0) is 18.1. The molecule has 1 aromatic heterocycles. The van der Waals surface area contributed by atoms with Crippen LogP contribution in [0.4, 0.5) is 0 Å². The van der Waals surface area contributed by atoms with Crippen LogP contribution < -0.4 is 4.74 Å². The molecule has 0 radical (unpaired) electrons. The summed E-state index contributed by atoms with van der Waals surface area (Å²) in [5, 5.41) is 0.494. The molecule has 0 aliphatic carbocycles. The second-order valence-corrected chi connectivity index (χ2v) is 6.29. The van der Waals surface area contributed by atoms with Crippen LogP contribution in [0.3, 0.4) is 0 Å². The third-order valence-electron chi connectivity index (χ3n) is 3.34. The number of furan rings is 1. The number of ether oxygens (including phenoxy) is 3. The number of esters is 2. The molecule has 2 rings (SSSR count). The fraction of sp³-hybridized carbons (Fsp3) is 0.444. The molecular formula is C18H22O6. The molecule has 130 valence electrons. The van der Waals surface area contributed by atoms with E-state index in [1.165, 1.54) is 7.11 Å². The highest BCUT2D eigenvalue weighted by Crippen LogP contribution is 2.35. The summed E-state index contributed by atoms with van der Waals surface area (Å²) in [6, 6.07) is 3.26. The second-order valence-electron chi connectivity index (χ2n) is 6.29. The third-order valence-corrected chi connectivity index (χ3v) is 3.34. The summed E-state index contributed by atoms with van der Waals surface area (Å²) in [6.45, 7) is 8.97. The van der Waals surface area contributed by atoms with Gasteiger partial charge in [0, 0.05) is 10.9 Å². The maximum absolute atomic E-state index is 12.3. The highest BCUT2D eigenvalue weighted by Gasteiger charge is 2.28. The minimum atomic E-state index is -0.649. The first kappa shape index (κ1) is 17.8. The topological polar surface area (TPSA) is 75.0 Å². The molecule has 0 N–H and O–H groups in total. The number of rotatable bonds is 4. The molecule has 0 aliphatic heterocycles. The molecule has 1 aromatic carbocycles. The molecule has 0 saturated heterocycles. The summed E-state index contributed by atoms with van der Waals surface area (Å²) in [5.74, 6) is -0.677. The molecule has 6 nitrogen and oxygen atoms in total. The van der Waals surface area contributed by atoms with Crippen LogP contribution in [0.2, 0.25) is 0 Å². The summed E-state index contributed by atoms with van der Waals surface area (Å²) in [7, 11) is 1.47. The van der Waals surface area contributed by atoms with Gasteiger partial charge in [-0.2, -0.15) is 0 Å². The molecule has 1 heterocycles. The van der Waals surface area contributed by atoms with Crippen molar-refractivity contribution in [2.24, 2.45) is 0 Å². The number of carbonyl (C=O) groups excluding carboxylic acids is 2. The smallest absolute Gasteiger partial charge is 0.375 e. The number of fused-ring (bicyclic) bond motifs is 1. The Labute approximate surface area is 140 Å². The predicted octanol–water partition coefficient (Wildman–Crippen LogP) is 3.88. The first-order valence-corrected chi connectivity index (χ1v) is 7.70. The van der Waals surface area contributed by atoms with Crippen LogP contribution >= 0.6 is 0 Å². The highest BCUT2D eigenvalue weighted by atomic mass is 16.6. The molecule has 0 spiro atoms. The molecule has 0 fully saturated rings. The Morgan fingerprint density at radius 1 is 1.17 bits per heavy atom. The van der Waals surface area contributed by atoms with Gasteiger partial charge >= 0.3 is 11.9 Å². The molecule has 0 bridgehead atoms. The molecule has 2 aromatic rings. The molecule has 24 heavy (non-hydrogen) atoms. The van der Waals surface area contributed by atoms with Crippen molar-refractivity contribution in [1.82, 2.24) is 0 Å². The SMILES string of the molecule is CCOC(=O)c1c(OC)ccc2oc(C(=O)OC(C)(C)C)c(C)c12. The Balaban J connectivity index is 2.64. The maximum atomic E-state index is 12.3. The van der Waals surface area contributed by atoms with Crippen LogP contribution in [-0.4, -0.2) is 31.3 Å². The Morgan fingerprint density at radius 2 is 1.83 bits per heavy atom. The molecule has 0 saturated carbocycles. The van der Waals surface area contributed by atoms with Gasteiger partial charge in [-0.3, -0.25) is 0 Å². The van der Waals surface area contributed by atoms with Gasteiger partial charge < -0.3 is 18.6 Å². The first-order valence-electron chi connectivity index (χ1n) is 7.70. The summed E-state index contributed by atoms with van der Waals surface area (Å²) in [5.41, 5.74) is 0.510. The Bertz CT molecular complexity index is 779. The monoisotopic (exact) mass is 334 g/mol. The lowest BCUT2D eigenvalue weighted by Crippen LogP contribution is -2.24. The van der Waals surface area contributed by atoms with E-state index in [-0.39, 0.29) is 17.9 Å². The first-order chi connectivity index (χ1) is 11.2. The fourth-order valence-electron chi connectivity index (χ4n) is 2.42. The van der Waals surface area contributed by atoms with E-state index < -0.39 is 17.5 Å². The van der Waals surface area contributed by atoms with Crippen LogP contribution in [0.1, 0.15) is 54.2 Å². The molecule has 0 atom stereocenters. The second kappa shape index (κ2) is 6.55. The van der Waals surface area contributed by atoms with E-state index in [1.807, 2.05) is 0 Å². The third kappa shape index (κ3) is 3.37. The molecular weight excluding hydrogens is 312 g/mol.